The molecule has 35 heavy (non-hydrogen) atoms. The number of ketones is 2. The Kier molecular flexibility index (Phi) is 4.71. The van der Waals surface area contributed by atoms with Crippen LogP contribution in [0.1, 0.15) is 25.2 Å². The number of anilines is 3. The second-order valence-electron chi connectivity index (χ2n) is 8.51. The molecule has 1 aliphatic heterocycles. The molecular weight excluding hydrogens is 517 g/mol. The third-order valence-electron chi connectivity index (χ3n) is 6.42. The molecule has 0 fully saturated rings. The van der Waals surface area contributed by atoms with Gasteiger partial charge in [0, 0.05) is 0 Å². The van der Waals surface area contributed by atoms with E-state index in [0.717, 1.165) is 15.2 Å². The van der Waals surface area contributed by atoms with E-state index in [9.17, 15) is 9.59 Å². The first kappa shape index (κ1) is 20.7. The minimum atomic E-state index is -0.175. The van der Waals surface area contributed by atoms with Crippen LogP contribution >= 0.6 is 11.8 Å². The summed E-state index contributed by atoms with van der Waals surface area (Å²) in [6, 6.07) is 32.6. The molecule has 4 aromatic carbocycles. The number of para-hydroxylation sites is 2. The maximum absolute atomic E-state index is 13.2. The van der Waals surface area contributed by atoms with Gasteiger partial charge < -0.3 is 0 Å². The van der Waals surface area contributed by atoms with Gasteiger partial charge in [-0.2, -0.15) is 0 Å². The van der Waals surface area contributed by atoms with Crippen molar-refractivity contribution in [3.63, 3.8) is 0 Å². The Morgan fingerprint density at radius 3 is 1.80 bits per heavy atom. The number of fused-ring (bicyclic) bond motifs is 4. The van der Waals surface area contributed by atoms with E-state index in [1.54, 1.807) is 11.8 Å². The molecule has 166 valence electrons. The van der Waals surface area contributed by atoms with Crippen molar-refractivity contribution in [2.45, 2.75) is 9.79 Å². The van der Waals surface area contributed by atoms with Crippen molar-refractivity contribution in [2.75, 3.05) is 4.90 Å². The number of rotatable bonds is 2. The summed E-state index contributed by atoms with van der Waals surface area (Å²) < 4.78 is 2.21. The Labute approximate surface area is 212 Å². The van der Waals surface area contributed by atoms with E-state index in [1.807, 2.05) is 42.5 Å². The van der Waals surface area contributed by atoms with Gasteiger partial charge in [0.15, 0.2) is 0 Å². The molecule has 0 saturated heterocycles. The van der Waals surface area contributed by atoms with Gasteiger partial charge in [-0.25, -0.2) is 0 Å². The Bertz CT molecular complexity index is 1630. The maximum atomic E-state index is 13.2. The summed E-state index contributed by atoms with van der Waals surface area (Å²) in [4.78, 5) is 31.2. The second-order valence-corrected chi connectivity index (χ2v) is 11.9. The molecule has 0 atom stereocenters. The monoisotopic (exact) mass is 535 g/mol. The molecular formula is C30H17NO2SSe. The molecule has 1 aliphatic carbocycles. The average Bonchev–Trinajstić information content (AvgIpc) is 3.44. The number of Topliss-reactive ketones (excluding diaryl/α,β-unsaturated/α-hetero) is 2. The number of carbonyl (C=O) groups excluding carboxylic acids is 2. The third kappa shape index (κ3) is 3.28. The van der Waals surface area contributed by atoms with E-state index in [4.69, 9.17) is 0 Å². The number of allylic oxidation sites excluding steroid dienone is 1. The fourth-order valence-electron chi connectivity index (χ4n) is 4.76. The molecule has 0 unspecified atom stereocenters. The van der Waals surface area contributed by atoms with Gasteiger partial charge in [0.05, 0.1) is 0 Å². The summed E-state index contributed by atoms with van der Waals surface area (Å²) in [5.74, 6) is -0.350. The van der Waals surface area contributed by atoms with Crippen LogP contribution in [0, 0.1) is 0 Å². The summed E-state index contributed by atoms with van der Waals surface area (Å²) in [6.45, 7) is 0. The van der Waals surface area contributed by atoms with Crippen LogP contribution in [0.5, 0.6) is 0 Å². The van der Waals surface area contributed by atoms with Crippen molar-refractivity contribution < 1.29 is 9.59 Å². The standard InChI is InChI=1S/C30H17NO2SSe/c32-29-21-15-18-7-1-2-8-19(18)16-22(21)30(33)23(29)17-20-13-14-28(35-20)31-24-9-3-5-11-26(24)34-27-12-6-4-10-25(27)31/h1-17H. The van der Waals surface area contributed by atoms with E-state index >= 15 is 0 Å². The molecule has 3 nitrogen and oxygen atoms in total. The fourth-order valence-corrected chi connectivity index (χ4v) is 7.88. The Morgan fingerprint density at radius 2 is 1.20 bits per heavy atom. The Balaban J connectivity index is 1.30. The number of carbonyl (C=O) groups is 2. The van der Waals surface area contributed by atoms with Crippen LogP contribution in [0.4, 0.5) is 15.9 Å². The van der Waals surface area contributed by atoms with Crippen LogP contribution in [-0.2, 0) is 0 Å². The first-order valence-electron chi connectivity index (χ1n) is 11.3. The fraction of sp³-hybridized carbons (Fsp3) is 0. The van der Waals surface area contributed by atoms with Gasteiger partial charge in [-0.05, 0) is 0 Å². The molecule has 0 spiro atoms. The van der Waals surface area contributed by atoms with Gasteiger partial charge in [0.1, 0.15) is 0 Å². The predicted molar refractivity (Wildman–Crippen MR) is 143 cm³/mol. The summed E-state index contributed by atoms with van der Waals surface area (Å²) in [5.41, 5.74) is 3.62. The van der Waals surface area contributed by atoms with Crippen LogP contribution in [0.25, 0.3) is 16.8 Å². The van der Waals surface area contributed by atoms with Crippen molar-refractivity contribution in [1.82, 2.24) is 0 Å². The number of nitrogens with zero attached hydrogens (tertiary/aromatic N) is 1. The van der Waals surface area contributed by atoms with Gasteiger partial charge in [0.25, 0.3) is 0 Å². The predicted octanol–water partition coefficient (Wildman–Crippen LogP) is 7.29. The number of hydrogen-bond donors (Lipinski definition) is 0. The van der Waals surface area contributed by atoms with Crippen LogP contribution in [0.15, 0.2) is 112 Å². The van der Waals surface area contributed by atoms with E-state index in [0.29, 0.717) is 11.1 Å². The molecule has 5 heteroatoms. The Morgan fingerprint density at radius 1 is 0.657 bits per heavy atom. The summed E-state index contributed by atoms with van der Waals surface area (Å²) in [6.07, 6.45) is 1.81. The molecule has 7 rings (SSSR count). The summed E-state index contributed by atoms with van der Waals surface area (Å²) >= 11 is 1.74. The zero-order valence-electron chi connectivity index (χ0n) is 18.4. The van der Waals surface area contributed by atoms with E-state index in [1.165, 1.54) is 25.7 Å². The zero-order valence-corrected chi connectivity index (χ0v) is 20.9. The normalized spacial score (nSPS) is 14.2. The van der Waals surface area contributed by atoms with Crippen molar-refractivity contribution in [3.05, 3.63) is 118 Å². The molecule has 5 aromatic rings. The minimum absolute atomic E-state index is 0.0464. The molecule has 0 bridgehead atoms. The molecule has 0 saturated carbocycles. The molecule has 2 aliphatic rings. The molecule has 0 amide bonds. The number of benzene rings is 4. The van der Waals surface area contributed by atoms with Gasteiger partial charge in [-0.15, -0.1) is 0 Å². The SMILES string of the molecule is O=C1C(=Cc2ccc(N3c4ccccc4Sc4ccccc43)[se]2)C(=O)c2cc3ccccc3cc21. The second kappa shape index (κ2) is 7.96. The van der Waals surface area contributed by atoms with Crippen LogP contribution in [-0.4, -0.2) is 26.1 Å². The first-order valence-corrected chi connectivity index (χ1v) is 13.8. The van der Waals surface area contributed by atoms with Crippen LogP contribution < -0.4 is 4.90 Å². The van der Waals surface area contributed by atoms with Gasteiger partial charge in [-0.3, -0.25) is 0 Å². The molecule has 1 aromatic heterocycles. The van der Waals surface area contributed by atoms with Gasteiger partial charge >= 0.3 is 213 Å². The van der Waals surface area contributed by atoms with E-state index in [-0.39, 0.29) is 31.6 Å². The van der Waals surface area contributed by atoms with Crippen molar-refractivity contribution in [3.8, 4) is 0 Å². The van der Waals surface area contributed by atoms with Gasteiger partial charge in [-0.1, -0.05) is 0 Å². The average molecular weight is 534 g/mol. The zero-order chi connectivity index (χ0) is 23.5. The summed E-state index contributed by atoms with van der Waals surface area (Å²) in [5, 5.41) is 1.95. The molecule has 0 N–H and O–H groups in total. The van der Waals surface area contributed by atoms with Crippen molar-refractivity contribution in [1.29, 1.82) is 0 Å². The van der Waals surface area contributed by atoms with Crippen molar-refractivity contribution in [2.24, 2.45) is 0 Å². The molecule has 0 radical (unpaired) electrons. The van der Waals surface area contributed by atoms with Crippen LogP contribution in [0.3, 0.4) is 0 Å². The van der Waals surface area contributed by atoms with Crippen molar-refractivity contribution >= 4 is 70.6 Å². The van der Waals surface area contributed by atoms with Crippen LogP contribution in [0.2, 0.25) is 0 Å². The topological polar surface area (TPSA) is 37.4 Å². The molecule has 2 heterocycles. The van der Waals surface area contributed by atoms with E-state index < -0.39 is 0 Å². The van der Waals surface area contributed by atoms with E-state index in [2.05, 4.69) is 65.6 Å². The summed E-state index contributed by atoms with van der Waals surface area (Å²) in [7, 11) is 0. The first-order chi connectivity index (χ1) is 17.2. The quantitative estimate of drug-likeness (QED) is 0.133. The number of hydrogen-bond acceptors (Lipinski definition) is 4. The van der Waals surface area contributed by atoms with Gasteiger partial charge in [0.2, 0.25) is 0 Å². The Hall–Kier alpha value is -3.63. The third-order valence-corrected chi connectivity index (χ3v) is 9.68.